The van der Waals surface area contributed by atoms with Crippen molar-refractivity contribution in [1.82, 2.24) is 5.32 Å². The Hall–Kier alpha value is -1.07. The average Bonchev–Trinajstić information content (AvgIpc) is 3.31. The Balaban J connectivity index is 1.98. The normalized spacial score (nSPS) is 19.9. The van der Waals surface area contributed by atoms with Crippen molar-refractivity contribution < 1.29 is 39.8 Å². The Labute approximate surface area is 401 Å². The molecule has 0 radical (unpaired) electrons. The molecule has 1 heterocycles. The highest BCUT2D eigenvalue weighted by molar-refractivity contribution is 5.76. The highest BCUT2D eigenvalue weighted by Gasteiger charge is 2.44. The number of unbranched alkanes of at least 4 members (excludes halogenated alkanes) is 37. The molecule has 0 aliphatic carbocycles. The third kappa shape index (κ3) is 36.6. The molecule has 1 aliphatic rings. The van der Waals surface area contributed by atoms with E-state index >= 15 is 0 Å². The van der Waals surface area contributed by atoms with Gasteiger partial charge in [-0.25, -0.2) is 0 Å². The van der Waals surface area contributed by atoms with Crippen LogP contribution in [0, 0.1) is 0 Å². The van der Waals surface area contributed by atoms with Gasteiger partial charge in [0, 0.05) is 6.42 Å². The van der Waals surface area contributed by atoms with Gasteiger partial charge in [-0.15, -0.1) is 0 Å². The van der Waals surface area contributed by atoms with Gasteiger partial charge in [-0.3, -0.25) is 4.79 Å². The van der Waals surface area contributed by atoms with Gasteiger partial charge in [-0.05, 0) is 38.5 Å². The number of carbonyl (C=O) groups excluding carboxylic acids is 1. The first kappa shape index (κ1) is 61.9. The lowest BCUT2D eigenvalue weighted by Gasteiger charge is -2.40. The van der Waals surface area contributed by atoms with Crippen molar-refractivity contribution in [3.63, 3.8) is 0 Å². The molecule has 9 nitrogen and oxygen atoms in total. The molecule has 65 heavy (non-hydrogen) atoms. The molecule has 1 rings (SSSR count). The van der Waals surface area contributed by atoms with Crippen LogP contribution in [0.1, 0.15) is 284 Å². The van der Waals surface area contributed by atoms with E-state index < -0.39 is 49.5 Å². The Morgan fingerprint density at radius 3 is 1.25 bits per heavy atom. The summed E-state index contributed by atoms with van der Waals surface area (Å²) in [6.07, 6.45) is 50.2. The molecule has 1 fully saturated rings. The number of aliphatic hydroxyl groups is 5. The summed E-state index contributed by atoms with van der Waals surface area (Å²) in [7, 11) is 0. The third-order valence-corrected chi connectivity index (χ3v) is 13.9. The van der Waals surface area contributed by atoms with Crippen molar-refractivity contribution in [1.29, 1.82) is 0 Å². The van der Waals surface area contributed by atoms with Crippen molar-refractivity contribution >= 4 is 5.91 Å². The van der Waals surface area contributed by atoms with E-state index in [0.717, 1.165) is 38.5 Å². The van der Waals surface area contributed by atoms with Gasteiger partial charge < -0.3 is 40.3 Å². The largest absolute Gasteiger partial charge is 0.394 e. The maximum absolute atomic E-state index is 13.0. The molecular weight excluding hydrogens is 815 g/mol. The SMILES string of the molecule is CCCCCCCCCC/C=C\CCCCCCCCCCCCCCCCCCCCCCCCCC(=O)NC(COC1OC(CO)C(O)C(O)C1O)C(O)CCCCCCCCC. The van der Waals surface area contributed by atoms with Crippen LogP contribution in [0.15, 0.2) is 12.2 Å². The number of aliphatic hydroxyl groups excluding tert-OH is 5. The molecule has 0 spiro atoms. The number of hydrogen-bond donors (Lipinski definition) is 6. The zero-order valence-electron chi connectivity index (χ0n) is 42.8. The Morgan fingerprint density at radius 2 is 0.862 bits per heavy atom. The van der Waals surface area contributed by atoms with Crippen molar-refractivity contribution in [2.75, 3.05) is 13.2 Å². The smallest absolute Gasteiger partial charge is 0.220 e. The summed E-state index contributed by atoms with van der Waals surface area (Å²) in [4.78, 5) is 13.0. The highest BCUT2D eigenvalue weighted by Crippen LogP contribution is 2.23. The van der Waals surface area contributed by atoms with E-state index in [-0.39, 0.29) is 12.5 Å². The number of ether oxygens (including phenoxy) is 2. The molecule has 6 N–H and O–H groups in total. The fraction of sp³-hybridized carbons (Fsp3) is 0.946. The number of nitrogens with one attached hydrogen (secondary N) is 1. The van der Waals surface area contributed by atoms with Crippen LogP contribution >= 0.6 is 0 Å². The Bertz CT molecular complexity index is 1030. The fourth-order valence-electron chi connectivity index (χ4n) is 9.34. The predicted molar refractivity (Wildman–Crippen MR) is 272 cm³/mol. The number of carbonyl (C=O) groups is 1. The van der Waals surface area contributed by atoms with Crippen LogP contribution in [0.2, 0.25) is 0 Å². The van der Waals surface area contributed by atoms with Crippen LogP contribution in [0.4, 0.5) is 0 Å². The second kappa shape index (κ2) is 46.6. The van der Waals surface area contributed by atoms with Crippen molar-refractivity contribution in [2.45, 2.75) is 326 Å². The molecule has 0 bridgehead atoms. The van der Waals surface area contributed by atoms with E-state index in [1.165, 1.54) is 218 Å². The zero-order chi connectivity index (χ0) is 47.3. The van der Waals surface area contributed by atoms with Gasteiger partial charge >= 0.3 is 0 Å². The first-order valence-corrected chi connectivity index (χ1v) is 28.4. The second-order valence-electron chi connectivity index (χ2n) is 20.1. The maximum Gasteiger partial charge on any atom is 0.220 e. The van der Waals surface area contributed by atoms with Crippen LogP contribution < -0.4 is 5.32 Å². The number of hydrogen-bond acceptors (Lipinski definition) is 8. The Kier molecular flexibility index (Phi) is 44.5. The van der Waals surface area contributed by atoms with Gasteiger partial charge in [0.25, 0.3) is 0 Å². The minimum atomic E-state index is -1.55. The molecule has 7 unspecified atom stereocenters. The predicted octanol–water partition coefficient (Wildman–Crippen LogP) is 13.6. The van der Waals surface area contributed by atoms with E-state index in [2.05, 4.69) is 31.3 Å². The Morgan fingerprint density at radius 1 is 0.508 bits per heavy atom. The van der Waals surface area contributed by atoms with Crippen LogP contribution in [0.25, 0.3) is 0 Å². The van der Waals surface area contributed by atoms with Crippen LogP contribution in [0.3, 0.4) is 0 Å². The molecule has 7 atom stereocenters. The second-order valence-corrected chi connectivity index (χ2v) is 20.1. The summed E-state index contributed by atoms with van der Waals surface area (Å²) in [6, 6.07) is -0.711. The van der Waals surface area contributed by atoms with Crippen LogP contribution in [-0.2, 0) is 14.3 Å². The van der Waals surface area contributed by atoms with Gasteiger partial charge in [0.15, 0.2) is 6.29 Å². The van der Waals surface area contributed by atoms with Crippen molar-refractivity contribution in [3.05, 3.63) is 12.2 Å². The van der Waals surface area contributed by atoms with E-state index in [1.54, 1.807) is 0 Å². The molecule has 1 aliphatic heterocycles. The summed E-state index contributed by atoms with van der Waals surface area (Å²) in [6.45, 7) is 3.80. The fourth-order valence-corrected chi connectivity index (χ4v) is 9.34. The molecule has 1 saturated heterocycles. The molecule has 0 aromatic rings. The monoisotopic (exact) mass is 924 g/mol. The topological polar surface area (TPSA) is 149 Å². The van der Waals surface area contributed by atoms with Gasteiger partial charge in [0.1, 0.15) is 24.4 Å². The van der Waals surface area contributed by atoms with Gasteiger partial charge in [-0.2, -0.15) is 0 Å². The van der Waals surface area contributed by atoms with E-state index in [0.29, 0.717) is 12.8 Å². The number of rotatable bonds is 49. The lowest BCUT2D eigenvalue weighted by atomic mass is 9.99. The summed E-state index contributed by atoms with van der Waals surface area (Å²) in [5, 5.41) is 54.2. The minimum Gasteiger partial charge on any atom is -0.394 e. The molecule has 386 valence electrons. The third-order valence-electron chi connectivity index (χ3n) is 13.9. The molecule has 0 saturated carbocycles. The van der Waals surface area contributed by atoms with Crippen LogP contribution in [-0.4, -0.2) is 87.5 Å². The molecular formula is C56H109NO8. The van der Waals surface area contributed by atoms with Crippen molar-refractivity contribution in [2.24, 2.45) is 0 Å². The lowest BCUT2D eigenvalue weighted by Crippen LogP contribution is -2.60. The average molecular weight is 924 g/mol. The highest BCUT2D eigenvalue weighted by atomic mass is 16.7. The molecule has 0 aromatic carbocycles. The zero-order valence-corrected chi connectivity index (χ0v) is 42.8. The molecule has 9 heteroatoms. The first-order chi connectivity index (χ1) is 31.8. The summed E-state index contributed by atoms with van der Waals surface area (Å²) in [5.41, 5.74) is 0. The van der Waals surface area contributed by atoms with E-state index in [9.17, 15) is 30.3 Å². The maximum atomic E-state index is 13.0. The minimum absolute atomic E-state index is 0.134. The van der Waals surface area contributed by atoms with Gasteiger partial charge in [0.2, 0.25) is 5.91 Å². The van der Waals surface area contributed by atoms with E-state index in [4.69, 9.17) is 9.47 Å². The van der Waals surface area contributed by atoms with Crippen molar-refractivity contribution in [3.8, 4) is 0 Å². The van der Waals surface area contributed by atoms with Crippen LogP contribution in [0.5, 0.6) is 0 Å². The van der Waals surface area contributed by atoms with Gasteiger partial charge in [0.05, 0.1) is 25.4 Å². The van der Waals surface area contributed by atoms with E-state index in [1.807, 2.05) is 0 Å². The van der Waals surface area contributed by atoms with Gasteiger partial charge in [-0.1, -0.05) is 251 Å². The summed E-state index contributed by atoms with van der Waals surface area (Å²) < 4.78 is 11.2. The first-order valence-electron chi connectivity index (χ1n) is 28.4. The standard InChI is InChI=1S/C56H109NO8/c1-3-5-7-9-11-12-13-14-15-16-17-18-19-20-21-22-23-24-25-26-27-28-29-30-31-32-33-34-35-36-37-38-40-42-44-46-52(60)57-49(50(59)45-43-41-39-10-8-6-4-2)48-64-56-55(63)54(62)53(61)51(47-58)65-56/h16-17,49-51,53-56,58-59,61-63H,3-15,18-48H2,1-2H3,(H,57,60)/b17-16-. The number of amides is 1. The number of allylic oxidation sites excluding steroid dienone is 2. The summed E-state index contributed by atoms with van der Waals surface area (Å²) >= 11 is 0. The lowest BCUT2D eigenvalue weighted by molar-refractivity contribution is -0.302. The molecule has 1 amide bonds. The molecule has 0 aromatic heterocycles. The summed E-state index contributed by atoms with van der Waals surface area (Å²) in [5.74, 6) is -0.143. The quantitative estimate of drug-likeness (QED) is 0.0261.